The lowest BCUT2D eigenvalue weighted by atomic mass is 10.1. The summed E-state index contributed by atoms with van der Waals surface area (Å²) in [5.74, 6) is 0.613. The van der Waals surface area contributed by atoms with Crippen LogP contribution in [0.4, 0.5) is 0 Å². The molecule has 0 aliphatic rings. The van der Waals surface area contributed by atoms with Gasteiger partial charge in [0.25, 0.3) is 0 Å². The van der Waals surface area contributed by atoms with Crippen molar-refractivity contribution in [1.82, 2.24) is 4.31 Å². The average molecular weight is 311 g/mol. The van der Waals surface area contributed by atoms with E-state index in [2.05, 4.69) is 0 Å². The van der Waals surface area contributed by atoms with Crippen LogP contribution in [0, 0.1) is 0 Å². The van der Waals surface area contributed by atoms with Gasteiger partial charge in [-0.2, -0.15) is 12.7 Å². The van der Waals surface area contributed by atoms with E-state index in [-0.39, 0.29) is 13.2 Å². The molecule has 0 bridgehead atoms. The third-order valence-electron chi connectivity index (χ3n) is 3.04. The molecule has 7 heteroatoms. The third-order valence-corrected chi connectivity index (χ3v) is 3.98. The molecule has 114 valence electrons. The van der Waals surface area contributed by atoms with E-state index in [1.807, 2.05) is 36.4 Å². The van der Waals surface area contributed by atoms with Gasteiger partial charge < -0.3 is 9.84 Å². The van der Waals surface area contributed by atoms with E-state index in [1.54, 1.807) is 6.07 Å². The number of hydrogen-bond donors (Lipinski definition) is 2. The number of aliphatic hydroxyl groups is 1. The van der Waals surface area contributed by atoms with Gasteiger partial charge in [-0.25, -0.2) is 0 Å². The largest absolute Gasteiger partial charge is 0.490 e. The summed E-state index contributed by atoms with van der Waals surface area (Å²) < 4.78 is 36.7. The fourth-order valence-electron chi connectivity index (χ4n) is 1.95. The van der Waals surface area contributed by atoms with Crippen molar-refractivity contribution in [3.63, 3.8) is 0 Å². The summed E-state index contributed by atoms with van der Waals surface area (Å²) in [7, 11) is -3.12. The first-order valence-corrected chi connectivity index (χ1v) is 7.75. The summed E-state index contributed by atoms with van der Waals surface area (Å²) >= 11 is 0. The monoisotopic (exact) mass is 311 g/mol. The van der Waals surface area contributed by atoms with Gasteiger partial charge in [0.05, 0.1) is 0 Å². The average Bonchev–Trinajstić information content (AvgIpc) is 2.44. The zero-order chi connectivity index (χ0) is 15.5. The van der Waals surface area contributed by atoms with Crippen molar-refractivity contribution >= 4 is 21.1 Å². The minimum Gasteiger partial charge on any atom is -0.490 e. The SMILES string of the molecule is CN(CC(O)COc1cccc2ccccc12)S(=O)(=O)O. The van der Waals surface area contributed by atoms with Crippen LogP contribution in [0.15, 0.2) is 42.5 Å². The molecule has 0 aliphatic carbocycles. The number of hydrogen-bond acceptors (Lipinski definition) is 4. The van der Waals surface area contributed by atoms with Gasteiger partial charge in [0, 0.05) is 19.0 Å². The maximum atomic E-state index is 10.8. The molecule has 0 saturated heterocycles. The molecule has 1 unspecified atom stereocenters. The first-order valence-electron chi connectivity index (χ1n) is 6.35. The maximum absolute atomic E-state index is 10.8. The van der Waals surface area contributed by atoms with Gasteiger partial charge in [0.1, 0.15) is 18.5 Å². The molecule has 0 heterocycles. The molecule has 2 aromatic rings. The number of likely N-dealkylation sites (N-methyl/N-ethyl adjacent to an activating group) is 1. The van der Waals surface area contributed by atoms with Crippen molar-refractivity contribution < 1.29 is 22.8 Å². The molecule has 2 N–H and O–H groups in total. The summed E-state index contributed by atoms with van der Waals surface area (Å²) in [4.78, 5) is 0. The predicted molar refractivity (Wildman–Crippen MR) is 79.6 cm³/mol. The van der Waals surface area contributed by atoms with Gasteiger partial charge in [0.2, 0.25) is 0 Å². The lowest BCUT2D eigenvalue weighted by Gasteiger charge is -2.18. The Morgan fingerprint density at radius 1 is 1.19 bits per heavy atom. The Bertz CT molecular complexity index is 711. The van der Waals surface area contributed by atoms with Gasteiger partial charge >= 0.3 is 10.3 Å². The third kappa shape index (κ3) is 4.15. The second-order valence-corrected chi connectivity index (χ2v) is 6.22. The minimum absolute atomic E-state index is 0.0755. The molecule has 0 aliphatic heterocycles. The van der Waals surface area contributed by atoms with E-state index in [0.717, 1.165) is 10.8 Å². The molecule has 2 aromatic carbocycles. The molecule has 0 fully saturated rings. The Morgan fingerprint density at radius 3 is 2.57 bits per heavy atom. The van der Waals surface area contributed by atoms with Crippen LogP contribution < -0.4 is 4.74 Å². The van der Waals surface area contributed by atoms with Gasteiger partial charge in [-0.15, -0.1) is 0 Å². The fourth-order valence-corrected chi connectivity index (χ4v) is 2.31. The lowest BCUT2D eigenvalue weighted by molar-refractivity contribution is 0.0925. The summed E-state index contributed by atoms with van der Waals surface area (Å²) in [5.41, 5.74) is 0. The number of ether oxygens (including phenoxy) is 1. The second kappa shape index (κ2) is 6.40. The number of fused-ring (bicyclic) bond motifs is 1. The quantitative estimate of drug-likeness (QED) is 0.786. The Morgan fingerprint density at radius 2 is 1.86 bits per heavy atom. The van der Waals surface area contributed by atoms with Crippen molar-refractivity contribution in [1.29, 1.82) is 0 Å². The number of rotatable bonds is 6. The molecule has 2 rings (SSSR count). The Kier molecular flexibility index (Phi) is 4.79. The van der Waals surface area contributed by atoms with Gasteiger partial charge in [-0.3, -0.25) is 4.55 Å². The summed E-state index contributed by atoms with van der Waals surface area (Å²) in [6.45, 7) is -0.322. The highest BCUT2D eigenvalue weighted by Crippen LogP contribution is 2.25. The van der Waals surface area contributed by atoms with Crippen molar-refractivity contribution in [2.75, 3.05) is 20.2 Å². The zero-order valence-corrected chi connectivity index (χ0v) is 12.3. The normalized spacial score (nSPS) is 13.5. The van der Waals surface area contributed by atoms with Crippen molar-refractivity contribution in [3.05, 3.63) is 42.5 Å². The predicted octanol–water partition coefficient (Wildman–Crippen LogP) is 1.31. The van der Waals surface area contributed by atoms with Crippen LogP contribution >= 0.6 is 0 Å². The first kappa shape index (κ1) is 15.7. The molecule has 0 radical (unpaired) electrons. The second-order valence-electron chi connectivity index (χ2n) is 4.70. The summed E-state index contributed by atoms with van der Waals surface area (Å²) in [6.07, 6.45) is -1.05. The number of nitrogens with zero attached hydrogens (tertiary/aromatic N) is 1. The smallest absolute Gasteiger partial charge is 0.335 e. The van der Waals surface area contributed by atoms with Crippen LogP contribution in [-0.2, 0) is 10.3 Å². The number of benzene rings is 2. The van der Waals surface area contributed by atoms with E-state index in [1.165, 1.54) is 7.05 Å². The van der Waals surface area contributed by atoms with Crippen LogP contribution in [0.5, 0.6) is 5.75 Å². The molecule has 0 aromatic heterocycles. The van der Waals surface area contributed by atoms with Crippen LogP contribution in [0.2, 0.25) is 0 Å². The van der Waals surface area contributed by atoms with Crippen molar-refractivity contribution in [3.8, 4) is 5.75 Å². The van der Waals surface area contributed by atoms with Gasteiger partial charge in [-0.1, -0.05) is 36.4 Å². The molecule has 0 spiro atoms. The van der Waals surface area contributed by atoms with E-state index in [9.17, 15) is 13.5 Å². The highest BCUT2D eigenvalue weighted by molar-refractivity contribution is 7.83. The first-order chi connectivity index (χ1) is 9.88. The van der Waals surface area contributed by atoms with Crippen LogP contribution in [0.1, 0.15) is 0 Å². The Labute approximate surface area is 123 Å². The van der Waals surface area contributed by atoms with E-state index >= 15 is 0 Å². The van der Waals surface area contributed by atoms with Gasteiger partial charge in [0.15, 0.2) is 0 Å². The van der Waals surface area contributed by atoms with Crippen LogP contribution in [-0.4, -0.2) is 48.7 Å². The Hall–Kier alpha value is -1.67. The van der Waals surface area contributed by atoms with Crippen LogP contribution in [0.25, 0.3) is 10.8 Å². The zero-order valence-electron chi connectivity index (χ0n) is 11.5. The highest BCUT2D eigenvalue weighted by Gasteiger charge is 2.18. The molecule has 0 amide bonds. The fraction of sp³-hybridized carbons (Fsp3) is 0.286. The van der Waals surface area contributed by atoms with E-state index < -0.39 is 16.4 Å². The molecule has 21 heavy (non-hydrogen) atoms. The summed E-state index contributed by atoms with van der Waals surface area (Å²) in [5, 5.41) is 11.7. The van der Waals surface area contributed by atoms with Crippen molar-refractivity contribution in [2.24, 2.45) is 0 Å². The maximum Gasteiger partial charge on any atom is 0.335 e. The molecule has 0 saturated carbocycles. The molecular formula is C14H17NO5S. The summed E-state index contributed by atoms with van der Waals surface area (Å²) in [6, 6.07) is 13.2. The standard InChI is InChI=1S/C14H17NO5S/c1-15(21(17,18)19)9-12(16)10-20-14-8-4-6-11-5-2-3-7-13(11)14/h2-8,12,16H,9-10H2,1H3,(H,17,18,19). The van der Waals surface area contributed by atoms with Crippen molar-refractivity contribution in [2.45, 2.75) is 6.10 Å². The molecular weight excluding hydrogens is 294 g/mol. The molecule has 1 atom stereocenters. The number of aliphatic hydroxyl groups excluding tert-OH is 1. The highest BCUT2D eigenvalue weighted by atomic mass is 32.2. The molecule has 6 nitrogen and oxygen atoms in total. The van der Waals surface area contributed by atoms with Gasteiger partial charge in [-0.05, 0) is 11.5 Å². The van der Waals surface area contributed by atoms with E-state index in [4.69, 9.17) is 9.29 Å². The minimum atomic E-state index is -4.30. The topological polar surface area (TPSA) is 87.1 Å². The van der Waals surface area contributed by atoms with Crippen LogP contribution in [0.3, 0.4) is 0 Å². The van der Waals surface area contributed by atoms with E-state index in [0.29, 0.717) is 10.1 Å². The Balaban J connectivity index is 2.02. The lowest BCUT2D eigenvalue weighted by Crippen LogP contribution is -2.36.